The summed E-state index contributed by atoms with van der Waals surface area (Å²) in [6.45, 7) is 2.20. The van der Waals surface area contributed by atoms with Crippen LogP contribution in [0, 0.1) is 0 Å². The van der Waals surface area contributed by atoms with Crippen LogP contribution >= 0.6 is 11.6 Å². The number of unbranched alkanes of at least 4 members (excludes halogenated alkanes) is 5. The first-order chi connectivity index (χ1) is 8.25. The van der Waals surface area contributed by atoms with Gasteiger partial charge in [0.15, 0.2) is 5.78 Å². The van der Waals surface area contributed by atoms with Crippen LogP contribution in [0.25, 0.3) is 0 Å². The minimum absolute atomic E-state index is 0.0612. The van der Waals surface area contributed by atoms with Gasteiger partial charge in [0.25, 0.3) is 0 Å². The number of ketones is 1. The van der Waals surface area contributed by atoms with Crippen molar-refractivity contribution in [1.82, 2.24) is 4.98 Å². The van der Waals surface area contributed by atoms with Crippen molar-refractivity contribution in [1.29, 1.82) is 0 Å². The maximum Gasteiger partial charge on any atom is 0.182 e. The Balaban J connectivity index is 2.24. The third-order valence-electron chi connectivity index (χ3n) is 2.78. The molecule has 1 rings (SSSR count). The monoisotopic (exact) mass is 253 g/mol. The van der Waals surface area contributed by atoms with Gasteiger partial charge in [0, 0.05) is 12.6 Å². The van der Waals surface area contributed by atoms with Crippen molar-refractivity contribution in [2.24, 2.45) is 0 Å². The van der Waals surface area contributed by atoms with Crippen LogP contribution in [0.5, 0.6) is 0 Å². The van der Waals surface area contributed by atoms with Crippen molar-refractivity contribution >= 4 is 17.4 Å². The molecule has 0 fully saturated rings. The quantitative estimate of drug-likeness (QED) is 0.498. The Bertz CT molecular complexity index is 352. The first kappa shape index (κ1) is 14.2. The van der Waals surface area contributed by atoms with Gasteiger partial charge in [-0.2, -0.15) is 0 Å². The molecule has 0 bridgehead atoms. The van der Waals surface area contributed by atoms with Gasteiger partial charge in [-0.25, -0.2) is 0 Å². The van der Waals surface area contributed by atoms with Crippen molar-refractivity contribution in [3.05, 3.63) is 29.0 Å². The number of aromatic nitrogens is 1. The number of rotatable bonds is 8. The number of hydrogen-bond acceptors (Lipinski definition) is 2. The smallest absolute Gasteiger partial charge is 0.182 e. The van der Waals surface area contributed by atoms with Crippen LogP contribution in [0.1, 0.15) is 62.4 Å². The number of pyridine rings is 1. The van der Waals surface area contributed by atoms with E-state index < -0.39 is 0 Å². The summed E-state index contributed by atoms with van der Waals surface area (Å²) in [6, 6.07) is 3.45. The molecule has 17 heavy (non-hydrogen) atoms. The molecule has 94 valence electrons. The molecule has 0 aliphatic carbocycles. The summed E-state index contributed by atoms with van der Waals surface area (Å²) in [7, 11) is 0. The number of carbonyl (C=O) groups excluding carboxylic acids is 1. The van der Waals surface area contributed by atoms with Gasteiger partial charge in [0.2, 0.25) is 0 Å². The fraction of sp³-hybridized carbons (Fsp3) is 0.571. The van der Waals surface area contributed by atoms with Gasteiger partial charge in [0.1, 0.15) is 5.69 Å². The van der Waals surface area contributed by atoms with E-state index in [2.05, 4.69) is 11.9 Å². The standard InChI is InChI=1S/C14H20ClNO/c1-2-3-4-5-6-7-10-13(17)14-12(15)9-8-11-16-14/h8-9,11H,2-7,10H2,1H3. The lowest BCUT2D eigenvalue weighted by Gasteiger charge is -2.02. The molecule has 0 aliphatic rings. The number of carbonyl (C=O) groups is 1. The Morgan fingerprint density at radius 1 is 1.24 bits per heavy atom. The second-order valence-electron chi connectivity index (χ2n) is 4.27. The molecular weight excluding hydrogens is 234 g/mol. The Labute approximate surface area is 108 Å². The third-order valence-corrected chi connectivity index (χ3v) is 3.08. The molecule has 0 spiro atoms. The van der Waals surface area contributed by atoms with E-state index in [1.54, 1.807) is 18.3 Å². The molecule has 0 N–H and O–H groups in total. The average Bonchev–Trinajstić information content (AvgIpc) is 2.34. The Kier molecular flexibility index (Phi) is 6.87. The second kappa shape index (κ2) is 8.24. The molecule has 1 aromatic rings. The zero-order valence-corrected chi connectivity index (χ0v) is 11.2. The van der Waals surface area contributed by atoms with Crippen LogP contribution in [0.3, 0.4) is 0 Å². The van der Waals surface area contributed by atoms with Crippen molar-refractivity contribution in [2.45, 2.75) is 51.9 Å². The number of nitrogens with zero attached hydrogens (tertiary/aromatic N) is 1. The number of Topliss-reactive ketones (excluding diaryl/α,β-unsaturated/α-hetero) is 1. The van der Waals surface area contributed by atoms with E-state index in [4.69, 9.17) is 11.6 Å². The molecule has 1 heterocycles. The predicted molar refractivity (Wildman–Crippen MR) is 71.6 cm³/mol. The molecule has 0 saturated carbocycles. The van der Waals surface area contributed by atoms with E-state index in [1.807, 2.05) is 0 Å². The Morgan fingerprint density at radius 2 is 1.94 bits per heavy atom. The van der Waals surface area contributed by atoms with Crippen LogP contribution in [-0.2, 0) is 0 Å². The summed E-state index contributed by atoms with van der Waals surface area (Å²) < 4.78 is 0. The van der Waals surface area contributed by atoms with Crippen molar-refractivity contribution in [3.63, 3.8) is 0 Å². The average molecular weight is 254 g/mol. The molecule has 0 aliphatic heterocycles. The van der Waals surface area contributed by atoms with E-state index in [1.165, 1.54) is 25.7 Å². The summed E-state index contributed by atoms with van der Waals surface area (Å²) in [5, 5.41) is 0.462. The maximum absolute atomic E-state index is 11.8. The molecule has 0 aromatic carbocycles. The molecule has 2 nitrogen and oxygen atoms in total. The maximum atomic E-state index is 11.8. The molecule has 0 amide bonds. The lowest BCUT2D eigenvalue weighted by molar-refractivity contribution is 0.0974. The first-order valence-electron chi connectivity index (χ1n) is 6.39. The van der Waals surface area contributed by atoms with Crippen molar-refractivity contribution in [2.75, 3.05) is 0 Å². The van der Waals surface area contributed by atoms with Crippen LogP contribution in [0.2, 0.25) is 5.02 Å². The largest absolute Gasteiger partial charge is 0.292 e. The topological polar surface area (TPSA) is 30.0 Å². The van der Waals surface area contributed by atoms with E-state index in [9.17, 15) is 4.79 Å². The SMILES string of the molecule is CCCCCCCCC(=O)c1ncccc1Cl. The minimum Gasteiger partial charge on any atom is -0.292 e. The van der Waals surface area contributed by atoms with Gasteiger partial charge in [-0.3, -0.25) is 9.78 Å². The third kappa shape index (κ3) is 5.31. The van der Waals surface area contributed by atoms with Crippen LogP contribution in [-0.4, -0.2) is 10.8 Å². The highest BCUT2D eigenvalue weighted by Gasteiger charge is 2.10. The van der Waals surface area contributed by atoms with Gasteiger partial charge >= 0.3 is 0 Å². The van der Waals surface area contributed by atoms with Gasteiger partial charge in [-0.15, -0.1) is 0 Å². The molecule has 0 unspecified atom stereocenters. The molecule has 1 aromatic heterocycles. The fourth-order valence-corrected chi connectivity index (χ4v) is 2.00. The van der Waals surface area contributed by atoms with Gasteiger partial charge < -0.3 is 0 Å². The second-order valence-corrected chi connectivity index (χ2v) is 4.68. The molecule has 3 heteroatoms. The van der Waals surface area contributed by atoms with E-state index in [0.717, 1.165) is 12.8 Å². The van der Waals surface area contributed by atoms with Gasteiger partial charge in [0.05, 0.1) is 5.02 Å². The lowest BCUT2D eigenvalue weighted by atomic mass is 10.1. The normalized spacial score (nSPS) is 10.5. The Hall–Kier alpha value is -0.890. The minimum atomic E-state index is 0.0612. The highest BCUT2D eigenvalue weighted by Crippen LogP contribution is 2.16. The predicted octanol–water partition coefficient (Wildman–Crippen LogP) is 4.67. The summed E-state index contributed by atoms with van der Waals surface area (Å²) in [5.74, 6) is 0.0612. The highest BCUT2D eigenvalue weighted by atomic mass is 35.5. The van der Waals surface area contributed by atoms with E-state index in [0.29, 0.717) is 17.1 Å². The van der Waals surface area contributed by atoms with Crippen LogP contribution in [0.4, 0.5) is 0 Å². The van der Waals surface area contributed by atoms with Crippen LogP contribution in [0.15, 0.2) is 18.3 Å². The molecule has 0 radical (unpaired) electrons. The fourth-order valence-electron chi connectivity index (χ4n) is 1.78. The number of hydrogen-bond donors (Lipinski definition) is 0. The molecule has 0 atom stereocenters. The van der Waals surface area contributed by atoms with Gasteiger partial charge in [-0.05, 0) is 18.6 Å². The molecular formula is C14H20ClNO. The highest BCUT2D eigenvalue weighted by molar-refractivity contribution is 6.33. The van der Waals surface area contributed by atoms with Crippen LogP contribution < -0.4 is 0 Å². The summed E-state index contributed by atoms with van der Waals surface area (Å²) in [5.41, 5.74) is 0.419. The van der Waals surface area contributed by atoms with Crippen molar-refractivity contribution < 1.29 is 4.79 Å². The Morgan fingerprint density at radius 3 is 2.65 bits per heavy atom. The molecule has 0 saturated heterocycles. The first-order valence-corrected chi connectivity index (χ1v) is 6.77. The zero-order chi connectivity index (χ0) is 12.5. The zero-order valence-electron chi connectivity index (χ0n) is 10.4. The van der Waals surface area contributed by atoms with Gasteiger partial charge in [-0.1, -0.05) is 50.6 Å². The summed E-state index contributed by atoms with van der Waals surface area (Å²) in [4.78, 5) is 15.8. The van der Waals surface area contributed by atoms with E-state index in [-0.39, 0.29) is 5.78 Å². The van der Waals surface area contributed by atoms with Crippen molar-refractivity contribution in [3.8, 4) is 0 Å². The summed E-state index contributed by atoms with van der Waals surface area (Å²) in [6.07, 6.45) is 9.27. The van der Waals surface area contributed by atoms with E-state index >= 15 is 0 Å². The number of halogens is 1. The lowest BCUT2D eigenvalue weighted by Crippen LogP contribution is -2.02. The summed E-state index contributed by atoms with van der Waals surface area (Å²) >= 11 is 5.92.